The number of carboxylic acids is 1. The van der Waals surface area contributed by atoms with Crippen molar-refractivity contribution in [3.63, 3.8) is 0 Å². The zero-order valence-corrected chi connectivity index (χ0v) is 11.5. The second-order valence-electron chi connectivity index (χ2n) is 4.49. The number of nitro groups is 1. The molecule has 0 aliphatic heterocycles. The normalized spacial score (nSPS) is 10.7. The zero-order valence-electron chi connectivity index (χ0n) is 11.5. The fourth-order valence-electron chi connectivity index (χ4n) is 1.80. The van der Waals surface area contributed by atoms with E-state index < -0.39 is 45.4 Å². The Morgan fingerprint density at radius 1 is 1.16 bits per heavy atom. The molecule has 2 aromatic rings. The van der Waals surface area contributed by atoms with E-state index in [-0.39, 0.29) is 41.4 Å². The van der Waals surface area contributed by atoms with Crippen molar-refractivity contribution in [2.24, 2.45) is 0 Å². The number of carbonyl (C=O) groups is 1. The van der Waals surface area contributed by atoms with Crippen molar-refractivity contribution < 1.29 is 37.1 Å². The molecule has 0 aromatic heterocycles. The van der Waals surface area contributed by atoms with Crippen molar-refractivity contribution in [2.45, 2.75) is 6.18 Å². The van der Waals surface area contributed by atoms with Gasteiger partial charge in [-0.05, 0) is 24.3 Å². The fraction of sp³-hybridized carbons (Fsp3) is 0.0714. The van der Waals surface area contributed by atoms with Crippen LogP contribution in [-0.2, 0) is 6.18 Å². The summed E-state index contributed by atoms with van der Waals surface area (Å²) in [7, 11) is 0. The molecule has 0 aliphatic rings. The molecule has 0 heterocycles. The van der Waals surface area contributed by atoms with Crippen LogP contribution in [0.3, 0.4) is 0 Å². The van der Waals surface area contributed by atoms with Gasteiger partial charge in [-0.1, -0.05) is 0 Å². The Labute approximate surface area is 159 Å². The Bertz CT molecular complexity index is 825. The number of alkyl halides is 3. The first kappa shape index (κ1) is 20.9. The first-order valence-electron chi connectivity index (χ1n) is 6.16. The Kier molecular flexibility index (Phi) is 6.52. The zero-order chi connectivity index (χ0) is 18.1. The summed E-state index contributed by atoms with van der Waals surface area (Å²) in [5.74, 6) is -3.80. The monoisotopic (exact) mass is 369 g/mol. The minimum absolute atomic E-state index is 0. The molecule has 25 heavy (non-hydrogen) atoms. The van der Waals surface area contributed by atoms with Crippen LogP contribution in [0.1, 0.15) is 15.9 Å². The van der Waals surface area contributed by atoms with Gasteiger partial charge >= 0.3 is 41.7 Å². The van der Waals surface area contributed by atoms with E-state index in [4.69, 9.17) is 9.84 Å². The third kappa shape index (κ3) is 4.91. The van der Waals surface area contributed by atoms with Gasteiger partial charge in [0.15, 0.2) is 11.6 Å². The number of carboxylic acid groups (broad SMARTS) is 1. The number of nitro benzene ring substituents is 1. The maximum atomic E-state index is 13.7. The quantitative estimate of drug-likeness (QED) is 0.385. The Balaban J connectivity index is 0.00000312. The van der Waals surface area contributed by atoms with Crippen LogP contribution in [0.5, 0.6) is 11.5 Å². The molecule has 0 aliphatic carbocycles. The van der Waals surface area contributed by atoms with E-state index in [9.17, 15) is 32.5 Å². The second-order valence-corrected chi connectivity index (χ2v) is 4.49. The van der Waals surface area contributed by atoms with Crippen molar-refractivity contribution in [2.75, 3.05) is 0 Å². The molecule has 0 saturated heterocycles. The number of benzene rings is 2. The number of ether oxygens (including phenoxy) is 1. The number of halogens is 4. The molecule has 0 amide bonds. The predicted octanol–water partition coefficient (Wildman–Crippen LogP) is 3.59. The van der Waals surface area contributed by atoms with Crippen LogP contribution in [0.25, 0.3) is 0 Å². The van der Waals surface area contributed by atoms with Gasteiger partial charge in [0.1, 0.15) is 11.3 Å². The van der Waals surface area contributed by atoms with Crippen LogP contribution < -0.4 is 4.74 Å². The van der Waals surface area contributed by atoms with Gasteiger partial charge in [0.05, 0.1) is 10.5 Å². The molecule has 2 rings (SSSR count). The standard InChI is InChI=1S/C14H7F4NO5.Na.H/c15-10-5-7(14(16,17)18)1-4-12(10)24-8-2-3-11(19(22)23)9(6-8)13(20)21;;/h1-6H,(H,20,21);;. The summed E-state index contributed by atoms with van der Waals surface area (Å²) < 4.78 is 56.0. The minimum atomic E-state index is -4.73. The summed E-state index contributed by atoms with van der Waals surface area (Å²) in [6.07, 6.45) is -4.73. The SMILES string of the molecule is O=C(O)c1cc(Oc2ccc(C(F)(F)F)cc2F)ccc1[N+](=O)[O-].[NaH]. The van der Waals surface area contributed by atoms with Gasteiger partial charge in [0.2, 0.25) is 0 Å². The van der Waals surface area contributed by atoms with E-state index in [0.717, 1.165) is 24.3 Å². The van der Waals surface area contributed by atoms with E-state index in [1.165, 1.54) is 0 Å². The Morgan fingerprint density at radius 3 is 2.28 bits per heavy atom. The van der Waals surface area contributed by atoms with Gasteiger partial charge < -0.3 is 9.84 Å². The average Bonchev–Trinajstić information content (AvgIpc) is 2.47. The molecule has 0 bridgehead atoms. The summed E-state index contributed by atoms with van der Waals surface area (Å²) in [6, 6.07) is 4.14. The Morgan fingerprint density at radius 2 is 1.80 bits per heavy atom. The number of hydrogen-bond acceptors (Lipinski definition) is 4. The molecule has 0 spiro atoms. The number of aromatic carboxylic acids is 1. The summed E-state index contributed by atoms with van der Waals surface area (Å²) in [5.41, 5.74) is -2.63. The molecule has 0 unspecified atom stereocenters. The molecular formula is C14H8F4NNaO5. The first-order chi connectivity index (χ1) is 11.1. The Hall–Kier alpha value is -2.17. The van der Waals surface area contributed by atoms with Crippen LogP contribution in [0.2, 0.25) is 0 Å². The van der Waals surface area contributed by atoms with Crippen LogP contribution in [0, 0.1) is 15.9 Å². The maximum absolute atomic E-state index is 13.7. The topological polar surface area (TPSA) is 89.7 Å². The van der Waals surface area contributed by atoms with Crippen LogP contribution in [0.15, 0.2) is 36.4 Å². The molecule has 1 N–H and O–H groups in total. The van der Waals surface area contributed by atoms with Crippen molar-refractivity contribution in [1.29, 1.82) is 0 Å². The molecule has 0 radical (unpaired) electrons. The molecule has 6 nitrogen and oxygen atoms in total. The second kappa shape index (κ2) is 7.81. The van der Waals surface area contributed by atoms with Crippen molar-refractivity contribution in [3.8, 4) is 11.5 Å². The number of hydrogen-bond donors (Lipinski definition) is 1. The number of nitrogens with zero attached hydrogens (tertiary/aromatic N) is 1. The first-order valence-corrected chi connectivity index (χ1v) is 6.16. The summed E-state index contributed by atoms with van der Waals surface area (Å²) in [5, 5.41) is 19.6. The van der Waals surface area contributed by atoms with E-state index in [1.54, 1.807) is 0 Å². The van der Waals surface area contributed by atoms with Gasteiger partial charge in [-0.3, -0.25) is 10.1 Å². The number of rotatable bonds is 4. The van der Waals surface area contributed by atoms with E-state index in [1.807, 2.05) is 0 Å². The summed E-state index contributed by atoms with van der Waals surface area (Å²) in [6.45, 7) is 0. The molecule has 2 aromatic carbocycles. The molecular weight excluding hydrogens is 361 g/mol. The van der Waals surface area contributed by atoms with Crippen LogP contribution >= 0.6 is 0 Å². The fourth-order valence-corrected chi connectivity index (χ4v) is 1.80. The van der Waals surface area contributed by atoms with Crippen LogP contribution in [0.4, 0.5) is 23.2 Å². The molecule has 0 fully saturated rings. The molecule has 11 heteroatoms. The van der Waals surface area contributed by atoms with Gasteiger partial charge in [-0.25, -0.2) is 9.18 Å². The van der Waals surface area contributed by atoms with Gasteiger partial charge in [-0.15, -0.1) is 0 Å². The van der Waals surface area contributed by atoms with E-state index in [0.29, 0.717) is 6.07 Å². The third-order valence-electron chi connectivity index (χ3n) is 2.88. The van der Waals surface area contributed by atoms with Gasteiger partial charge in [-0.2, -0.15) is 13.2 Å². The van der Waals surface area contributed by atoms with E-state index in [2.05, 4.69) is 0 Å². The van der Waals surface area contributed by atoms with Crippen molar-refractivity contribution in [1.82, 2.24) is 0 Å². The van der Waals surface area contributed by atoms with Crippen molar-refractivity contribution in [3.05, 3.63) is 63.5 Å². The molecule has 128 valence electrons. The summed E-state index contributed by atoms with van der Waals surface area (Å²) >= 11 is 0. The summed E-state index contributed by atoms with van der Waals surface area (Å²) in [4.78, 5) is 20.8. The van der Waals surface area contributed by atoms with Gasteiger partial charge in [0.25, 0.3) is 5.69 Å². The van der Waals surface area contributed by atoms with Crippen molar-refractivity contribution >= 4 is 41.2 Å². The average molecular weight is 369 g/mol. The molecule has 0 saturated carbocycles. The molecule has 0 atom stereocenters. The third-order valence-corrected chi connectivity index (χ3v) is 2.88. The van der Waals surface area contributed by atoms with Crippen LogP contribution in [-0.4, -0.2) is 45.6 Å². The van der Waals surface area contributed by atoms with E-state index >= 15 is 0 Å². The predicted molar refractivity (Wildman–Crippen MR) is 78.7 cm³/mol. The van der Waals surface area contributed by atoms with Gasteiger partial charge in [0, 0.05) is 12.1 Å².